The van der Waals surface area contributed by atoms with Crippen molar-refractivity contribution < 1.29 is 38.1 Å². The number of ether oxygens (including phenoxy) is 5. The second kappa shape index (κ2) is 11.7. The van der Waals surface area contributed by atoms with Gasteiger partial charge in [0.1, 0.15) is 30.1 Å². The van der Waals surface area contributed by atoms with Crippen molar-refractivity contribution in [1.29, 1.82) is 0 Å². The SMILES string of the molecule is COc1cc(I)ccc1C(=O)OC[C@H]1OCC[C@@H](OC(=O)C(C)C)[C@@H]1OC(=O)C(C)C. The van der Waals surface area contributed by atoms with E-state index in [0.717, 1.165) is 3.57 Å². The van der Waals surface area contributed by atoms with Crippen molar-refractivity contribution in [2.24, 2.45) is 11.8 Å². The molecular formula is C22H29IO8. The molecule has 9 heteroatoms. The summed E-state index contributed by atoms with van der Waals surface area (Å²) >= 11 is 2.12. The van der Waals surface area contributed by atoms with Crippen LogP contribution in [0, 0.1) is 15.4 Å². The average molecular weight is 548 g/mol. The fourth-order valence-electron chi connectivity index (χ4n) is 2.88. The van der Waals surface area contributed by atoms with Crippen LogP contribution in [0.1, 0.15) is 44.5 Å². The van der Waals surface area contributed by atoms with Gasteiger partial charge in [0.15, 0.2) is 6.10 Å². The molecule has 0 spiro atoms. The van der Waals surface area contributed by atoms with E-state index < -0.39 is 36.2 Å². The van der Waals surface area contributed by atoms with E-state index in [2.05, 4.69) is 22.6 Å². The van der Waals surface area contributed by atoms with Gasteiger partial charge < -0.3 is 23.7 Å². The van der Waals surface area contributed by atoms with Crippen molar-refractivity contribution >= 4 is 40.5 Å². The van der Waals surface area contributed by atoms with Gasteiger partial charge in [-0.2, -0.15) is 0 Å². The molecule has 0 aromatic heterocycles. The molecule has 1 heterocycles. The van der Waals surface area contributed by atoms with E-state index in [9.17, 15) is 14.4 Å². The number of hydrogen-bond donors (Lipinski definition) is 0. The van der Waals surface area contributed by atoms with Crippen molar-refractivity contribution in [2.75, 3.05) is 20.3 Å². The van der Waals surface area contributed by atoms with Crippen molar-refractivity contribution in [3.63, 3.8) is 0 Å². The Labute approximate surface area is 196 Å². The first-order valence-corrected chi connectivity index (χ1v) is 11.2. The Balaban J connectivity index is 2.14. The zero-order valence-corrected chi connectivity index (χ0v) is 20.5. The van der Waals surface area contributed by atoms with E-state index in [-0.39, 0.29) is 30.6 Å². The zero-order valence-electron chi connectivity index (χ0n) is 18.4. The minimum Gasteiger partial charge on any atom is -0.496 e. The second-order valence-electron chi connectivity index (χ2n) is 7.83. The first kappa shape index (κ1) is 25.4. The number of rotatable bonds is 8. The standard InChI is InChI=1S/C22H29IO8/c1-12(2)20(24)30-16-8-9-28-18(19(16)31-21(25)13(3)4)11-29-22(26)15-7-6-14(23)10-17(15)27-5/h6-7,10,12-13,16,18-19H,8-9,11H2,1-5H3/t16-,18-,19+/m1/s1. The number of methoxy groups -OCH3 is 1. The third-order valence-corrected chi connectivity index (χ3v) is 5.36. The number of carbonyl (C=O) groups is 3. The maximum Gasteiger partial charge on any atom is 0.342 e. The molecule has 172 valence electrons. The van der Waals surface area contributed by atoms with Crippen LogP contribution in [0.15, 0.2) is 18.2 Å². The number of carbonyl (C=O) groups excluding carboxylic acids is 3. The summed E-state index contributed by atoms with van der Waals surface area (Å²) < 4.78 is 28.5. The molecule has 0 unspecified atom stereocenters. The highest BCUT2D eigenvalue weighted by Gasteiger charge is 2.41. The number of hydrogen-bond acceptors (Lipinski definition) is 8. The lowest BCUT2D eigenvalue weighted by atomic mass is 10.0. The average Bonchev–Trinajstić information content (AvgIpc) is 2.73. The van der Waals surface area contributed by atoms with E-state index >= 15 is 0 Å². The van der Waals surface area contributed by atoms with Crippen LogP contribution in [0.5, 0.6) is 5.75 Å². The molecule has 1 aliphatic rings. The summed E-state index contributed by atoms with van der Waals surface area (Å²) in [6, 6.07) is 5.11. The topological polar surface area (TPSA) is 97.4 Å². The fraction of sp³-hybridized carbons (Fsp3) is 0.591. The number of esters is 3. The Morgan fingerprint density at radius 2 is 1.74 bits per heavy atom. The Morgan fingerprint density at radius 1 is 1.10 bits per heavy atom. The summed E-state index contributed by atoms with van der Waals surface area (Å²) in [5, 5.41) is 0. The monoisotopic (exact) mass is 548 g/mol. The Morgan fingerprint density at radius 3 is 2.35 bits per heavy atom. The smallest absolute Gasteiger partial charge is 0.342 e. The van der Waals surface area contributed by atoms with Crippen LogP contribution in [0.2, 0.25) is 0 Å². The van der Waals surface area contributed by atoms with E-state index in [1.807, 2.05) is 0 Å². The minimum atomic E-state index is -0.877. The van der Waals surface area contributed by atoms with E-state index in [1.54, 1.807) is 45.9 Å². The van der Waals surface area contributed by atoms with Crippen molar-refractivity contribution in [1.82, 2.24) is 0 Å². The van der Waals surface area contributed by atoms with E-state index in [4.69, 9.17) is 23.7 Å². The van der Waals surface area contributed by atoms with Gasteiger partial charge >= 0.3 is 17.9 Å². The quantitative estimate of drug-likeness (QED) is 0.277. The van der Waals surface area contributed by atoms with Crippen molar-refractivity contribution in [3.8, 4) is 5.75 Å². The van der Waals surface area contributed by atoms with Crippen LogP contribution in [0.4, 0.5) is 0 Å². The maximum atomic E-state index is 12.6. The molecule has 1 fully saturated rings. The first-order valence-electron chi connectivity index (χ1n) is 10.2. The molecule has 0 saturated carbocycles. The lowest BCUT2D eigenvalue weighted by molar-refractivity contribution is -0.203. The molecule has 0 bridgehead atoms. The summed E-state index contributed by atoms with van der Waals surface area (Å²) in [5.74, 6) is -1.73. The van der Waals surface area contributed by atoms with Gasteiger partial charge in [-0.3, -0.25) is 9.59 Å². The summed E-state index contributed by atoms with van der Waals surface area (Å²) in [4.78, 5) is 37.0. The van der Waals surface area contributed by atoms with Gasteiger partial charge in [-0.25, -0.2) is 4.79 Å². The van der Waals surface area contributed by atoms with Gasteiger partial charge in [0.05, 0.1) is 25.6 Å². The molecule has 2 rings (SSSR count). The van der Waals surface area contributed by atoms with Crippen LogP contribution in [0.25, 0.3) is 0 Å². The lowest BCUT2D eigenvalue weighted by Crippen LogP contribution is -2.51. The fourth-order valence-corrected chi connectivity index (χ4v) is 3.34. The van der Waals surface area contributed by atoms with Gasteiger partial charge in [-0.15, -0.1) is 0 Å². The summed E-state index contributed by atoms with van der Waals surface area (Å²) in [5.41, 5.74) is 0.275. The Kier molecular flexibility index (Phi) is 9.54. The van der Waals surface area contributed by atoms with Crippen LogP contribution in [-0.2, 0) is 28.5 Å². The van der Waals surface area contributed by atoms with Crippen molar-refractivity contribution in [2.45, 2.75) is 52.4 Å². The summed E-state index contributed by atoms with van der Waals surface area (Å²) in [7, 11) is 1.47. The molecular weight excluding hydrogens is 519 g/mol. The summed E-state index contributed by atoms with van der Waals surface area (Å²) in [6.07, 6.45) is -1.94. The maximum absolute atomic E-state index is 12.6. The summed E-state index contributed by atoms with van der Waals surface area (Å²) in [6.45, 7) is 6.98. The second-order valence-corrected chi connectivity index (χ2v) is 9.07. The molecule has 0 aliphatic carbocycles. The third-order valence-electron chi connectivity index (χ3n) is 4.69. The largest absolute Gasteiger partial charge is 0.496 e. The molecule has 0 N–H and O–H groups in total. The number of halogens is 1. The highest BCUT2D eigenvalue weighted by atomic mass is 127. The molecule has 1 saturated heterocycles. The minimum absolute atomic E-state index is 0.167. The highest BCUT2D eigenvalue weighted by molar-refractivity contribution is 14.1. The van der Waals surface area contributed by atoms with E-state index in [1.165, 1.54) is 7.11 Å². The molecule has 1 aromatic carbocycles. The molecule has 1 aromatic rings. The van der Waals surface area contributed by atoms with Gasteiger partial charge in [-0.1, -0.05) is 27.7 Å². The normalized spacial score (nSPS) is 21.0. The predicted molar refractivity (Wildman–Crippen MR) is 120 cm³/mol. The first-order chi connectivity index (χ1) is 14.6. The molecule has 0 radical (unpaired) electrons. The third kappa shape index (κ3) is 7.06. The number of benzene rings is 1. The Hall–Kier alpha value is -1.88. The lowest BCUT2D eigenvalue weighted by Gasteiger charge is -2.37. The van der Waals surface area contributed by atoms with Gasteiger partial charge in [-0.05, 0) is 40.8 Å². The molecule has 8 nitrogen and oxygen atoms in total. The van der Waals surface area contributed by atoms with Gasteiger partial charge in [0, 0.05) is 9.99 Å². The molecule has 31 heavy (non-hydrogen) atoms. The molecule has 3 atom stereocenters. The van der Waals surface area contributed by atoms with Crippen molar-refractivity contribution in [3.05, 3.63) is 27.3 Å². The highest BCUT2D eigenvalue weighted by Crippen LogP contribution is 2.26. The predicted octanol–water partition coefficient (Wildman–Crippen LogP) is 3.38. The molecule has 0 amide bonds. The zero-order chi connectivity index (χ0) is 23.1. The molecule has 1 aliphatic heterocycles. The van der Waals surface area contributed by atoms with Crippen LogP contribution in [-0.4, -0.2) is 56.5 Å². The van der Waals surface area contributed by atoms with Crippen LogP contribution in [0.3, 0.4) is 0 Å². The Bertz CT molecular complexity index is 792. The van der Waals surface area contributed by atoms with Gasteiger partial charge in [0.25, 0.3) is 0 Å². The van der Waals surface area contributed by atoms with Crippen LogP contribution >= 0.6 is 22.6 Å². The van der Waals surface area contributed by atoms with Gasteiger partial charge in [0.2, 0.25) is 0 Å². The van der Waals surface area contributed by atoms with Crippen LogP contribution < -0.4 is 4.74 Å². The van der Waals surface area contributed by atoms with E-state index in [0.29, 0.717) is 12.2 Å².